The maximum Gasteiger partial charge on any atom is 0.343 e. The fraction of sp³-hybridized carbons (Fsp3) is 0.375. The van der Waals surface area contributed by atoms with E-state index >= 15 is 0 Å². The summed E-state index contributed by atoms with van der Waals surface area (Å²) in [6, 6.07) is 8.08. The molecule has 0 saturated carbocycles. The third kappa shape index (κ3) is 2.37. The number of ether oxygens (including phenoxy) is 1. The summed E-state index contributed by atoms with van der Waals surface area (Å²) in [6.45, 7) is 6.29. The van der Waals surface area contributed by atoms with Crippen LogP contribution in [0.2, 0.25) is 0 Å². The molecule has 1 aromatic carbocycles. The Morgan fingerprint density at radius 1 is 1.13 bits per heavy atom. The molecule has 6 nitrogen and oxygen atoms in total. The zero-order valence-corrected chi connectivity index (χ0v) is 17.4. The molecule has 0 radical (unpaired) electrons. The first-order valence-electron chi connectivity index (χ1n) is 10.5. The quantitative estimate of drug-likeness (QED) is 0.531. The van der Waals surface area contributed by atoms with Gasteiger partial charge in [-0.3, -0.25) is 4.79 Å². The number of aromatic nitrogens is 2. The second-order valence-electron chi connectivity index (χ2n) is 8.08. The number of rotatable bonds is 3. The lowest BCUT2D eigenvalue weighted by atomic mass is 9.86. The largest absolute Gasteiger partial charge is 0.458 e. The van der Waals surface area contributed by atoms with Crippen LogP contribution in [-0.2, 0) is 41.1 Å². The molecule has 5 rings (SSSR count). The molecule has 2 aliphatic rings. The second kappa shape index (κ2) is 6.51. The van der Waals surface area contributed by atoms with Crippen LogP contribution >= 0.6 is 0 Å². The van der Waals surface area contributed by atoms with Gasteiger partial charge in [-0.25, -0.2) is 9.78 Å². The van der Waals surface area contributed by atoms with E-state index < -0.39 is 11.6 Å². The normalized spacial score (nSPS) is 19.4. The molecule has 154 valence electrons. The number of hydrogen-bond donors (Lipinski definition) is 1. The van der Waals surface area contributed by atoms with E-state index in [1.807, 2.05) is 6.07 Å². The highest BCUT2D eigenvalue weighted by atomic mass is 16.6. The van der Waals surface area contributed by atoms with Gasteiger partial charge in [-0.2, -0.15) is 0 Å². The molecule has 6 heteroatoms. The van der Waals surface area contributed by atoms with Crippen LogP contribution in [0.5, 0.6) is 0 Å². The number of carbonyl (C=O) groups is 1. The minimum atomic E-state index is -1.80. The predicted octanol–water partition coefficient (Wildman–Crippen LogP) is 3.20. The molecule has 0 saturated heterocycles. The number of nitrogens with zero attached hydrogens (tertiary/aromatic N) is 2. The summed E-state index contributed by atoms with van der Waals surface area (Å²) < 4.78 is 6.84. The molecule has 30 heavy (non-hydrogen) atoms. The lowest BCUT2D eigenvalue weighted by Gasteiger charge is -2.31. The van der Waals surface area contributed by atoms with Crippen LogP contribution in [-0.4, -0.2) is 20.6 Å². The maximum absolute atomic E-state index is 13.3. The Balaban J connectivity index is 1.81. The third-order valence-electron chi connectivity index (χ3n) is 6.63. The summed E-state index contributed by atoms with van der Waals surface area (Å²) in [4.78, 5) is 30.5. The van der Waals surface area contributed by atoms with Crippen LogP contribution in [0.4, 0.5) is 0 Å². The van der Waals surface area contributed by atoms with Gasteiger partial charge >= 0.3 is 5.97 Å². The molecule has 3 aromatic rings. The van der Waals surface area contributed by atoms with Crippen molar-refractivity contribution in [3.8, 4) is 11.4 Å². The third-order valence-corrected chi connectivity index (χ3v) is 6.63. The van der Waals surface area contributed by atoms with E-state index in [-0.39, 0.29) is 18.6 Å². The van der Waals surface area contributed by atoms with Crippen molar-refractivity contribution in [2.45, 2.75) is 58.8 Å². The Labute approximate surface area is 174 Å². The van der Waals surface area contributed by atoms with Gasteiger partial charge in [-0.1, -0.05) is 26.8 Å². The van der Waals surface area contributed by atoms with Crippen molar-refractivity contribution in [3.05, 3.63) is 62.4 Å². The average molecular weight is 404 g/mol. The zero-order valence-electron chi connectivity index (χ0n) is 17.4. The molecule has 4 heterocycles. The number of pyridine rings is 2. The summed E-state index contributed by atoms with van der Waals surface area (Å²) in [7, 11) is 0. The van der Waals surface area contributed by atoms with Crippen LogP contribution < -0.4 is 5.56 Å². The second-order valence-corrected chi connectivity index (χ2v) is 8.08. The van der Waals surface area contributed by atoms with E-state index in [9.17, 15) is 14.7 Å². The van der Waals surface area contributed by atoms with Gasteiger partial charge in [0, 0.05) is 16.5 Å². The first-order valence-corrected chi connectivity index (χ1v) is 10.5. The average Bonchev–Trinajstić information content (AvgIpc) is 3.13. The smallest absolute Gasteiger partial charge is 0.343 e. The molecule has 0 bridgehead atoms. The number of cyclic esters (lactones) is 1. The van der Waals surface area contributed by atoms with Gasteiger partial charge in [0.1, 0.15) is 6.61 Å². The molecule has 1 N–H and O–H groups in total. The highest BCUT2D eigenvalue weighted by molar-refractivity contribution is 5.89. The fourth-order valence-electron chi connectivity index (χ4n) is 4.83. The predicted molar refractivity (Wildman–Crippen MR) is 113 cm³/mol. The van der Waals surface area contributed by atoms with E-state index in [1.165, 1.54) is 11.1 Å². The van der Waals surface area contributed by atoms with Crippen molar-refractivity contribution in [1.29, 1.82) is 0 Å². The van der Waals surface area contributed by atoms with Gasteiger partial charge in [0.2, 0.25) is 0 Å². The van der Waals surface area contributed by atoms with Crippen LogP contribution in [0.1, 0.15) is 55.0 Å². The Hall–Kier alpha value is -2.99. The van der Waals surface area contributed by atoms with E-state index in [0.717, 1.165) is 35.0 Å². The van der Waals surface area contributed by atoms with Crippen molar-refractivity contribution in [2.24, 2.45) is 0 Å². The van der Waals surface area contributed by atoms with Gasteiger partial charge in [-0.05, 0) is 48.6 Å². The molecular formula is C24H24N2O4. The molecule has 0 aliphatic carbocycles. The lowest BCUT2D eigenvalue weighted by Crippen LogP contribution is -2.44. The van der Waals surface area contributed by atoms with E-state index in [1.54, 1.807) is 17.6 Å². The number of aliphatic hydroxyl groups is 1. The number of benzene rings is 1. The Morgan fingerprint density at radius 2 is 1.93 bits per heavy atom. The number of hydrogen-bond acceptors (Lipinski definition) is 5. The highest BCUT2D eigenvalue weighted by Gasteiger charge is 2.45. The first kappa shape index (κ1) is 19.0. The van der Waals surface area contributed by atoms with Gasteiger partial charge < -0.3 is 14.4 Å². The highest BCUT2D eigenvalue weighted by Crippen LogP contribution is 2.40. The molecule has 2 aromatic heterocycles. The zero-order chi connectivity index (χ0) is 21.2. The Kier molecular flexibility index (Phi) is 4.12. The number of fused-ring (bicyclic) bond motifs is 5. The van der Waals surface area contributed by atoms with Gasteiger partial charge in [0.25, 0.3) is 5.56 Å². The molecule has 0 unspecified atom stereocenters. The Morgan fingerprint density at radius 3 is 2.63 bits per heavy atom. The monoisotopic (exact) mass is 404 g/mol. The minimum Gasteiger partial charge on any atom is -0.458 e. The van der Waals surface area contributed by atoms with Crippen LogP contribution in [0.15, 0.2) is 29.1 Å². The number of esters is 1. The lowest BCUT2D eigenvalue weighted by molar-refractivity contribution is -0.172. The molecule has 0 spiro atoms. The molecule has 0 amide bonds. The summed E-state index contributed by atoms with van der Waals surface area (Å²) in [6.07, 6.45) is 1.92. The summed E-state index contributed by atoms with van der Waals surface area (Å²) >= 11 is 0. The molecule has 1 atom stereocenters. The van der Waals surface area contributed by atoms with Crippen molar-refractivity contribution < 1.29 is 14.6 Å². The van der Waals surface area contributed by atoms with Crippen molar-refractivity contribution in [1.82, 2.24) is 9.55 Å². The summed E-state index contributed by atoms with van der Waals surface area (Å²) in [5, 5.41) is 12.1. The number of carbonyl (C=O) groups excluding carboxylic acids is 1. The van der Waals surface area contributed by atoms with Gasteiger partial charge in [-0.15, -0.1) is 0 Å². The standard InChI is InChI=1S/C24H24N2O4/c1-4-13-7-8-19-15(9-13)14(5-2)16-11-26-20(21(16)25-19)10-18-17(22(26)27)12-30-23(28)24(18,29)6-3/h7-10,29H,4-6,11-12H2,1-3H3/t24-/m0/s1. The van der Waals surface area contributed by atoms with E-state index in [4.69, 9.17) is 9.72 Å². The first-order chi connectivity index (χ1) is 14.4. The Bertz CT molecular complexity index is 1290. The molecule has 2 aliphatic heterocycles. The topological polar surface area (TPSA) is 81.4 Å². The van der Waals surface area contributed by atoms with Gasteiger partial charge in [0.15, 0.2) is 5.60 Å². The van der Waals surface area contributed by atoms with Crippen LogP contribution in [0.25, 0.3) is 22.3 Å². The van der Waals surface area contributed by atoms with Crippen molar-refractivity contribution in [3.63, 3.8) is 0 Å². The van der Waals surface area contributed by atoms with Crippen LogP contribution in [0.3, 0.4) is 0 Å². The van der Waals surface area contributed by atoms with Crippen LogP contribution in [0, 0.1) is 0 Å². The SMILES string of the molecule is CCc1ccc2nc3c(c(CC)c2c1)Cn1c-3cc2c(c1=O)COC(=O)[C@]2(O)CC. The van der Waals surface area contributed by atoms with Crippen molar-refractivity contribution in [2.75, 3.05) is 0 Å². The molecular weight excluding hydrogens is 380 g/mol. The minimum absolute atomic E-state index is 0.109. The fourth-order valence-corrected chi connectivity index (χ4v) is 4.83. The number of aryl methyl sites for hydroxylation is 2. The van der Waals surface area contributed by atoms with E-state index in [0.29, 0.717) is 23.4 Å². The summed E-state index contributed by atoms with van der Waals surface area (Å²) in [5.41, 5.74) is 4.50. The summed E-state index contributed by atoms with van der Waals surface area (Å²) in [5.74, 6) is -0.701. The maximum atomic E-state index is 13.3. The molecule has 0 fully saturated rings. The van der Waals surface area contributed by atoms with Crippen molar-refractivity contribution >= 4 is 16.9 Å². The van der Waals surface area contributed by atoms with E-state index in [2.05, 4.69) is 26.0 Å². The van der Waals surface area contributed by atoms with Gasteiger partial charge in [0.05, 0.1) is 29.0 Å².